The van der Waals surface area contributed by atoms with Crippen LogP contribution in [0.25, 0.3) is 17.8 Å². The Labute approximate surface area is 345 Å². The molecule has 3 N–H and O–H groups in total. The standard InChI is InChI=1S/C40H49N11O7S/c1-40(2,3)31-25-59-38(42-31)44-36(54)27-16-19-49-33(21-27)43-35(48-18-7-9-29(23-48)58-39(56)41-17-8-20-51(4,5)24-34(52)53)30(37(49)55)14-15-32-45-46-47-50(32)22-26-10-12-28(57-6)13-11-26/h10-16,19,21,25,29H,7-9,17-18,20,22-24H2,1-6H3,(H2-,41,42,44,52,53,54,56)/p+1/t29-/m1/s1. The molecule has 1 aromatic carbocycles. The number of ether oxygens (including phenoxy) is 2. The molecule has 1 aliphatic rings. The number of fused-ring (bicyclic) bond motifs is 1. The summed E-state index contributed by atoms with van der Waals surface area (Å²) >= 11 is 1.34. The number of hydrogen-bond donors (Lipinski definition) is 3. The first-order valence-electron chi connectivity index (χ1n) is 19.2. The molecule has 6 rings (SSSR count). The smallest absolute Gasteiger partial charge is 0.407 e. The Hall–Kier alpha value is -6.21. The molecule has 312 valence electrons. The van der Waals surface area contributed by atoms with Gasteiger partial charge in [-0.2, -0.15) is 0 Å². The van der Waals surface area contributed by atoms with Gasteiger partial charge in [-0.1, -0.05) is 32.9 Å². The van der Waals surface area contributed by atoms with Crippen LogP contribution in [-0.4, -0.2) is 122 Å². The highest BCUT2D eigenvalue weighted by molar-refractivity contribution is 7.14. The number of piperidine rings is 1. The number of nitrogens with one attached hydrogen (secondary N) is 2. The fraction of sp³-hybridized carbons (Fsp3) is 0.425. The van der Waals surface area contributed by atoms with E-state index in [9.17, 15) is 19.2 Å². The Balaban J connectivity index is 1.26. The first-order chi connectivity index (χ1) is 28.1. The third kappa shape index (κ3) is 11.1. The fourth-order valence-corrected chi connectivity index (χ4v) is 7.51. The number of carbonyl (C=O) groups excluding carboxylic acids is 2. The SMILES string of the molecule is COc1ccc(Cn2nnnc2C=Cc2c(N3CCC[C@@H](OC(=O)NCCC[N+](C)(C)CC(=O)O)C3)nc3cc(C(=O)Nc4nc(C(C)(C)C)cs4)ccn3c2=O)cc1. The van der Waals surface area contributed by atoms with Gasteiger partial charge in [0.15, 0.2) is 17.5 Å². The molecule has 18 nitrogen and oxygen atoms in total. The van der Waals surface area contributed by atoms with Gasteiger partial charge in [0.05, 0.1) is 52.1 Å². The number of rotatable bonds is 15. The minimum atomic E-state index is -0.885. The van der Waals surface area contributed by atoms with E-state index in [2.05, 4.69) is 31.1 Å². The van der Waals surface area contributed by atoms with Crippen molar-refractivity contribution in [1.82, 2.24) is 39.9 Å². The van der Waals surface area contributed by atoms with Gasteiger partial charge in [-0.05, 0) is 65.2 Å². The van der Waals surface area contributed by atoms with Crippen LogP contribution in [0.4, 0.5) is 15.7 Å². The van der Waals surface area contributed by atoms with E-state index in [4.69, 9.17) is 19.6 Å². The lowest BCUT2D eigenvalue weighted by molar-refractivity contribution is -0.883. The number of carboxylic acids is 1. The number of likely N-dealkylation sites (N-methyl/N-ethyl adjacent to an activating group) is 1. The number of hydrogen-bond acceptors (Lipinski definition) is 13. The molecule has 5 aromatic rings. The van der Waals surface area contributed by atoms with Gasteiger partial charge < -0.3 is 29.3 Å². The number of alkyl carbamates (subject to hydrolysis) is 1. The number of benzene rings is 1. The number of amides is 2. The second-order valence-electron chi connectivity index (χ2n) is 16.0. The molecule has 0 spiro atoms. The van der Waals surface area contributed by atoms with Crippen molar-refractivity contribution in [2.45, 2.75) is 58.1 Å². The third-order valence-corrected chi connectivity index (χ3v) is 10.5. The predicted octanol–water partition coefficient (Wildman–Crippen LogP) is 4.16. The molecule has 19 heteroatoms. The number of carbonyl (C=O) groups is 3. The van der Waals surface area contributed by atoms with Crippen molar-refractivity contribution in [2.75, 3.05) is 64.1 Å². The van der Waals surface area contributed by atoms with E-state index < -0.39 is 24.1 Å². The van der Waals surface area contributed by atoms with Gasteiger partial charge in [-0.3, -0.25) is 19.3 Å². The number of tetrazole rings is 1. The zero-order valence-electron chi connectivity index (χ0n) is 34.0. The number of methoxy groups -OCH3 is 1. The maximum absolute atomic E-state index is 14.3. The van der Waals surface area contributed by atoms with Crippen LogP contribution in [0.2, 0.25) is 0 Å². The molecular weight excluding hydrogens is 779 g/mol. The molecule has 5 heterocycles. The number of aliphatic carboxylic acids is 1. The second kappa shape index (κ2) is 18.2. The first-order valence-corrected chi connectivity index (χ1v) is 20.1. The van der Waals surface area contributed by atoms with E-state index in [0.29, 0.717) is 62.2 Å². The van der Waals surface area contributed by atoms with Gasteiger partial charge in [0.2, 0.25) is 0 Å². The van der Waals surface area contributed by atoms with Crippen molar-refractivity contribution >= 4 is 58.1 Å². The maximum Gasteiger partial charge on any atom is 0.407 e. The average Bonchev–Trinajstić information content (AvgIpc) is 3.85. The molecule has 59 heavy (non-hydrogen) atoms. The van der Waals surface area contributed by atoms with Crippen LogP contribution in [0.5, 0.6) is 5.75 Å². The summed E-state index contributed by atoms with van der Waals surface area (Å²) in [7, 11) is 5.25. The van der Waals surface area contributed by atoms with Gasteiger partial charge in [-0.15, -0.1) is 16.4 Å². The summed E-state index contributed by atoms with van der Waals surface area (Å²) in [5.74, 6) is 0.196. The lowest BCUT2D eigenvalue weighted by atomic mass is 9.93. The Bertz CT molecular complexity index is 2380. The number of thiazole rings is 1. The molecule has 0 radical (unpaired) electrons. The molecule has 1 fully saturated rings. The van der Waals surface area contributed by atoms with Gasteiger partial charge in [0, 0.05) is 42.1 Å². The van der Waals surface area contributed by atoms with Crippen molar-refractivity contribution in [2.24, 2.45) is 0 Å². The maximum atomic E-state index is 14.3. The van der Waals surface area contributed by atoms with Crippen LogP contribution in [0, 0.1) is 0 Å². The molecule has 0 aliphatic carbocycles. The van der Waals surface area contributed by atoms with E-state index in [1.54, 1.807) is 36.1 Å². The summed E-state index contributed by atoms with van der Waals surface area (Å²) in [6.07, 6.45) is 5.53. The molecular formula is C40H50N11O7S+. The number of anilines is 2. The Morgan fingerprint density at radius 1 is 1.10 bits per heavy atom. The number of carboxylic acid groups (broad SMARTS) is 1. The molecule has 0 saturated carbocycles. The van der Waals surface area contributed by atoms with Crippen molar-refractivity contribution in [3.8, 4) is 5.75 Å². The van der Waals surface area contributed by atoms with E-state index in [1.165, 1.54) is 21.9 Å². The number of aromatic nitrogens is 7. The highest BCUT2D eigenvalue weighted by atomic mass is 32.1. The minimum absolute atomic E-state index is 0.0216. The molecule has 0 bridgehead atoms. The topological polar surface area (TPSA) is 208 Å². The van der Waals surface area contributed by atoms with Crippen LogP contribution in [-0.2, 0) is 21.5 Å². The van der Waals surface area contributed by atoms with Crippen molar-refractivity contribution in [3.05, 3.63) is 86.5 Å². The van der Waals surface area contributed by atoms with Gasteiger partial charge >= 0.3 is 12.1 Å². The second-order valence-corrected chi connectivity index (χ2v) is 16.9. The van der Waals surface area contributed by atoms with Crippen molar-refractivity contribution in [1.29, 1.82) is 0 Å². The highest BCUT2D eigenvalue weighted by Crippen LogP contribution is 2.28. The normalized spacial score (nSPS) is 14.7. The van der Waals surface area contributed by atoms with Crippen LogP contribution in [0.15, 0.2) is 52.8 Å². The molecule has 1 saturated heterocycles. The molecule has 2 amide bonds. The zero-order valence-corrected chi connectivity index (χ0v) is 34.9. The Morgan fingerprint density at radius 2 is 1.88 bits per heavy atom. The lowest BCUT2D eigenvalue weighted by Gasteiger charge is -2.34. The average molecular weight is 829 g/mol. The molecule has 0 unspecified atom stereocenters. The molecule has 1 atom stereocenters. The quantitative estimate of drug-likeness (QED) is 0.100. The van der Waals surface area contributed by atoms with Crippen LogP contribution in [0.1, 0.15) is 73.0 Å². The monoisotopic (exact) mass is 828 g/mol. The van der Waals surface area contributed by atoms with E-state index in [1.807, 2.05) is 69.4 Å². The summed E-state index contributed by atoms with van der Waals surface area (Å²) in [5, 5.41) is 29.4. The van der Waals surface area contributed by atoms with Crippen LogP contribution < -0.4 is 25.8 Å². The number of pyridine rings is 1. The highest BCUT2D eigenvalue weighted by Gasteiger charge is 2.28. The van der Waals surface area contributed by atoms with Crippen LogP contribution in [0.3, 0.4) is 0 Å². The summed E-state index contributed by atoms with van der Waals surface area (Å²) in [6, 6.07) is 10.6. The van der Waals surface area contributed by atoms with E-state index in [0.717, 1.165) is 17.0 Å². The van der Waals surface area contributed by atoms with Gasteiger partial charge in [0.25, 0.3) is 11.5 Å². The van der Waals surface area contributed by atoms with E-state index >= 15 is 0 Å². The summed E-state index contributed by atoms with van der Waals surface area (Å²) in [5.41, 5.74) is 2.03. The predicted molar refractivity (Wildman–Crippen MR) is 223 cm³/mol. The fourth-order valence-electron chi connectivity index (χ4n) is 6.58. The minimum Gasteiger partial charge on any atom is -0.497 e. The van der Waals surface area contributed by atoms with Gasteiger partial charge in [0.1, 0.15) is 23.3 Å². The number of nitrogens with zero attached hydrogens (tertiary/aromatic N) is 9. The van der Waals surface area contributed by atoms with E-state index in [-0.39, 0.29) is 45.3 Å². The Morgan fingerprint density at radius 3 is 2.59 bits per heavy atom. The van der Waals surface area contributed by atoms with Gasteiger partial charge in [-0.25, -0.2) is 24.2 Å². The molecule has 1 aliphatic heterocycles. The summed E-state index contributed by atoms with van der Waals surface area (Å²) < 4.78 is 14.4. The van der Waals surface area contributed by atoms with Crippen molar-refractivity contribution < 1.29 is 33.4 Å². The lowest BCUT2D eigenvalue weighted by Crippen LogP contribution is -2.46. The zero-order chi connectivity index (χ0) is 42.3. The van der Waals surface area contributed by atoms with Crippen LogP contribution >= 0.6 is 11.3 Å². The molecule has 4 aromatic heterocycles. The summed E-state index contributed by atoms with van der Waals surface area (Å²) in [6.45, 7) is 8.16. The summed E-state index contributed by atoms with van der Waals surface area (Å²) in [4.78, 5) is 63.2. The number of quaternary nitrogens is 1. The third-order valence-electron chi connectivity index (χ3n) is 9.77. The first kappa shape index (κ1) is 42.4. The Kier molecular flexibility index (Phi) is 13.0. The largest absolute Gasteiger partial charge is 0.497 e. The van der Waals surface area contributed by atoms with Crippen molar-refractivity contribution in [3.63, 3.8) is 0 Å².